The molecule has 1 heterocycles. The van der Waals surface area contributed by atoms with Crippen molar-refractivity contribution < 1.29 is 32.3 Å². The standard InChI is InChI=1S/C23H27N3O7S/c1-15(2)24-23(29)25-21(27)14-33-22(28)17-10-11-19(32-3)20(13-17)34(30,31)26-12-6-8-16-7-4-5-9-18(16)26/h4-5,7,9-11,13,15H,6,8,12,14H2,1-3H3,(H2,24,25,27,29). The smallest absolute Gasteiger partial charge is 0.338 e. The number of carbonyl (C=O) groups is 3. The predicted molar refractivity (Wildman–Crippen MR) is 124 cm³/mol. The Hall–Kier alpha value is -3.60. The quantitative estimate of drug-likeness (QED) is 0.570. The summed E-state index contributed by atoms with van der Waals surface area (Å²) >= 11 is 0. The number of hydrogen-bond donors (Lipinski definition) is 2. The first kappa shape index (κ1) is 25.0. The van der Waals surface area contributed by atoms with Crippen molar-refractivity contribution in [3.05, 3.63) is 53.6 Å². The van der Waals surface area contributed by atoms with E-state index in [4.69, 9.17) is 9.47 Å². The van der Waals surface area contributed by atoms with Crippen LogP contribution in [0, 0.1) is 0 Å². The molecule has 1 aliphatic heterocycles. The van der Waals surface area contributed by atoms with E-state index in [0.29, 0.717) is 12.1 Å². The lowest BCUT2D eigenvalue weighted by atomic mass is 10.0. The van der Waals surface area contributed by atoms with E-state index in [9.17, 15) is 22.8 Å². The Labute approximate surface area is 198 Å². The summed E-state index contributed by atoms with van der Waals surface area (Å²) in [5.74, 6) is -1.67. The second-order valence-corrected chi connectivity index (χ2v) is 9.76. The molecular formula is C23H27N3O7S. The molecule has 11 heteroatoms. The number of imide groups is 1. The van der Waals surface area contributed by atoms with Gasteiger partial charge in [-0.15, -0.1) is 0 Å². The lowest BCUT2D eigenvalue weighted by Gasteiger charge is -2.30. The fraction of sp³-hybridized carbons (Fsp3) is 0.348. The third-order valence-electron chi connectivity index (χ3n) is 5.04. The largest absolute Gasteiger partial charge is 0.495 e. The highest BCUT2D eigenvalue weighted by Crippen LogP contribution is 2.35. The number of esters is 1. The maximum atomic E-state index is 13.6. The highest BCUT2D eigenvalue weighted by molar-refractivity contribution is 7.93. The molecule has 2 aromatic carbocycles. The minimum atomic E-state index is -4.06. The molecule has 3 amide bonds. The van der Waals surface area contributed by atoms with Gasteiger partial charge >= 0.3 is 12.0 Å². The van der Waals surface area contributed by atoms with Crippen molar-refractivity contribution in [1.29, 1.82) is 0 Å². The molecule has 182 valence electrons. The molecule has 0 aliphatic carbocycles. The molecule has 2 N–H and O–H groups in total. The number of urea groups is 1. The number of para-hydroxylation sites is 1. The van der Waals surface area contributed by atoms with Gasteiger partial charge < -0.3 is 14.8 Å². The highest BCUT2D eigenvalue weighted by atomic mass is 32.2. The summed E-state index contributed by atoms with van der Waals surface area (Å²) < 4.78 is 38.6. The van der Waals surface area contributed by atoms with Crippen LogP contribution in [0.2, 0.25) is 0 Å². The molecule has 3 rings (SSSR count). The zero-order valence-electron chi connectivity index (χ0n) is 19.2. The topological polar surface area (TPSA) is 131 Å². The van der Waals surface area contributed by atoms with E-state index in [1.165, 1.54) is 23.5 Å². The number of ether oxygens (including phenoxy) is 2. The number of hydrogen-bond acceptors (Lipinski definition) is 7. The summed E-state index contributed by atoms with van der Waals surface area (Å²) in [6, 6.07) is 10.2. The molecule has 1 aliphatic rings. The summed E-state index contributed by atoms with van der Waals surface area (Å²) in [4.78, 5) is 35.7. The fourth-order valence-electron chi connectivity index (χ4n) is 3.55. The van der Waals surface area contributed by atoms with E-state index < -0.39 is 34.5 Å². The van der Waals surface area contributed by atoms with Gasteiger partial charge in [0, 0.05) is 12.6 Å². The Bertz CT molecular complexity index is 1190. The monoisotopic (exact) mass is 489 g/mol. The SMILES string of the molecule is COc1ccc(C(=O)OCC(=O)NC(=O)NC(C)C)cc1S(=O)(=O)N1CCCc2ccccc21. The van der Waals surface area contributed by atoms with Crippen LogP contribution in [0.3, 0.4) is 0 Å². The van der Waals surface area contributed by atoms with Gasteiger partial charge in [0.15, 0.2) is 6.61 Å². The van der Waals surface area contributed by atoms with Crippen LogP contribution in [-0.4, -0.2) is 52.6 Å². The summed E-state index contributed by atoms with van der Waals surface area (Å²) in [6.45, 7) is 3.03. The molecule has 0 fully saturated rings. The normalized spacial score (nSPS) is 13.1. The van der Waals surface area contributed by atoms with Crippen molar-refractivity contribution in [1.82, 2.24) is 10.6 Å². The number of nitrogens with one attached hydrogen (secondary N) is 2. The Morgan fingerprint density at radius 1 is 1.12 bits per heavy atom. The molecule has 0 saturated carbocycles. The maximum Gasteiger partial charge on any atom is 0.338 e. The molecule has 0 spiro atoms. The number of amides is 3. The Morgan fingerprint density at radius 2 is 1.85 bits per heavy atom. The summed E-state index contributed by atoms with van der Waals surface area (Å²) in [6.07, 6.45) is 1.42. The maximum absolute atomic E-state index is 13.6. The average molecular weight is 490 g/mol. The van der Waals surface area contributed by atoms with E-state index in [1.807, 2.05) is 17.4 Å². The van der Waals surface area contributed by atoms with Crippen LogP contribution in [-0.2, 0) is 26.0 Å². The lowest BCUT2D eigenvalue weighted by Crippen LogP contribution is -2.44. The van der Waals surface area contributed by atoms with Crippen LogP contribution in [0.1, 0.15) is 36.2 Å². The van der Waals surface area contributed by atoms with Crippen LogP contribution in [0.4, 0.5) is 10.5 Å². The number of nitrogens with zero attached hydrogens (tertiary/aromatic N) is 1. The Kier molecular flexibility index (Phi) is 7.77. The number of rotatable bonds is 7. The van der Waals surface area contributed by atoms with E-state index in [0.717, 1.165) is 18.1 Å². The van der Waals surface area contributed by atoms with E-state index in [-0.39, 0.29) is 28.8 Å². The number of sulfonamides is 1. The first-order chi connectivity index (χ1) is 16.1. The third kappa shape index (κ3) is 5.66. The van der Waals surface area contributed by atoms with Crippen molar-refractivity contribution >= 4 is 33.6 Å². The van der Waals surface area contributed by atoms with Gasteiger partial charge in [-0.3, -0.25) is 14.4 Å². The molecule has 0 bridgehead atoms. The zero-order chi connectivity index (χ0) is 24.9. The van der Waals surface area contributed by atoms with E-state index >= 15 is 0 Å². The molecule has 0 radical (unpaired) electrons. The van der Waals surface area contributed by atoms with Gasteiger partial charge in [-0.25, -0.2) is 18.0 Å². The van der Waals surface area contributed by atoms with Gasteiger partial charge in [0.2, 0.25) is 0 Å². The Balaban J connectivity index is 1.80. The summed E-state index contributed by atoms with van der Waals surface area (Å²) in [7, 11) is -2.73. The van der Waals surface area contributed by atoms with E-state index in [1.54, 1.807) is 26.0 Å². The molecule has 10 nitrogen and oxygen atoms in total. The van der Waals surface area contributed by atoms with Crippen LogP contribution in [0.25, 0.3) is 0 Å². The number of benzene rings is 2. The number of fused-ring (bicyclic) bond motifs is 1. The highest BCUT2D eigenvalue weighted by Gasteiger charge is 2.32. The van der Waals surface area contributed by atoms with Crippen molar-refractivity contribution in [2.75, 3.05) is 24.6 Å². The summed E-state index contributed by atoms with van der Waals surface area (Å²) in [5.41, 5.74) is 1.42. The summed E-state index contributed by atoms with van der Waals surface area (Å²) in [5, 5.41) is 4.51. The molecule has 34 heavy (non-hydrogen) atoms. The predicted octanol–water partition coefficient (Wildman–Crippen LogP) is 2.23. The number of methoxy groups -OCH3 is 1. The Morgan fingerprint density at radius 3 is 2.56 bits per heavy atom. The van der Waals surface area contributed by atoms with E-state index in [2.05, 4.69) is 5.32 Å². The second-order valence-electron chi connectivity index (χ2n) is 7.93. The molecule has 0 saturated heterocycles. The van der Waals surface area contributed by atoms with Crippen molar-refractivity contribution in [2.45, 2.75) is 37.6 Å². The van der Waals surface area contributed by atoms with Gasteiger partial charge in [0.1, 0.15) is 10.6 Å². The second kappa shape index (κ2) is 10.6. The third-order valence-corrected chi connectivity index (χ3v) is 6.88. The first-order valence-electron chi connectivity index (χ1n) is 10.7. The number of anilines is 1. The molecule has 2 aromatic rings. The van der Waals surface area contributed by atoms with Crippen LogP contribution >= 0.6 is 0 Å². The van der Waals surface area contributed by atoms with Gasteiger partial charge in [0.25, 0.3) is 15.9 Å². The van der Waals surface area contributed by atoms with Crippen molar-refractivity contribution in [3.63, 3.8) is 0 Å². The van der Waals surface area contributed by atoms with Gasteiger partial charge in [-0.1, -0.05) is 18.2 Å². The number of carbonyl (C=O) groups excluding carboxylic acids is 3. The van der Waals surface area contributed by atoms with Crippen molar-refractivity contribution in [3.8, 4) is 5.75 Å². The van der Waals surface area contributed by atoms with Gasteiger partial charge in [-0.05, 0) is 56.5 Å². The molecular weight excluding hydrogens is 462 g/mol. The molecule has 0 unspecified atom stereocenters. The van der Waals surface area contributed by atoms with Crippen LogP contribution < -0.4 is 19.7 Å². The fourth-order valence-corrected chi connectivity index (χ4v) is 5.27. The van der Waals surface area contributed by atoms with Crippen molar-refractivity contribution in [2.24, 2.45) is 0 Å². The lowest BCUT2D eigenvalue weighted by molar-refractivity contribution is -0.123. The van der Waals surface area contributed by atoms with Gasteiger partial charge in [-0.2, -0.15) is 0 Å². The first-order valence-corrected chi connectivity index (χ1v) is 12.1. The minimum absolute atomic E-state index is 0.0719. The van der Waals surface area contributed by atoms with Crippen LogP contribution in [0.15, 0.2) is 47.4 Å². The number of aryl methyl sites for hydroxylation is 1. The minimum Gasteiger partial charge on any atom is -0.495 e. The molecule has 0 atom stereocenters. The van der Waals surface area contributed by atoms with Crippen LogP contribution in [0.5, 0.6) is 5.75 Å². The van der Waals surface area contributed by atoms with Gasteiger partial charge in [0.05, 0.1) is 18.4 Å². The molecule has 0 aromatic heterocycles. The average Bonchev–Trinajstić information content (AvgIpc) is 2.81. The zero-order valence-corrected chi connectivity index (χ0v) is 20.0.